The molecule has 0 saturated heterocycles. The summed E-state index contributed by atoms with van der Waals surface area (Å²) < 4.78 is 6.91. The van der Waals surface area contributed by atoms with Crippen molar-refractivity contribution in [2.24, 2.45) is 0 Å². The lowest BCUT2D eigenvalue weighted by atomic mass is 10.2. The number of likely N-dealkylation sites (N-methyl/N-ethyl adjacent to an activating group) is 1. The maximum Gasteiger partial charge on any atom is 0.255 e. The Morgan fingerprint density at radius 1 is 1.12 bits per heavy atom. The fourth-order valence-electron chi connectivity index (χ4n) is 2.34. The number of carbonyl (C=O) groups excluding carboxylic acids is 1. The van der Waals surface area contributed by atoms with Crippen molar-refractivity contribution in [1.29, 1.82) is 0 Å². The van der Waals surface area contributed by atoms with E-state index < -0.39 is 0 Å². The number of anilines is 1. The molecule has 0 aliphatic carbocycles. The molecule has 2 rings (SSSR count). The first-order valence-electron chi connectivity index (χ1n) is 8.15. The first kappa shape index (κ1) is 18.7. The van der Waals surface area contributed by atoms with Gasteiger partial charge in [0.25, 0.3) is 5.91 Å². The fourth-order valence-corrected chi connectivity index (χ4v) is 2.89. The van der Waals surface area contributed by atoms with Crippen molar-refractivity contribution in [3.05, 3.63) is 57.7 Å². The third-order valence-electron chi connectivity index (χ3n) is 3.78. The number of halogens is 1. The molecule has 0 aliphatic rings. The Morgan fingerprint density at radius 2 is 1.88 bits per heavy atom. The zero-order valence-electron chi connectivity index (χ0n) is 14.1. The van der Waals surface area contributed by atoms with Gasteiger partial charge in [0.2, 0.25) is 0 Å². The van der Waals surface area contributed by atoms with E-state index in [1.807, 2.05) is 42.5 Å². The van der Waals surface area contributed by atoms with Gasteiger partial charge in [0.1, 0.15) is 12.4 Å². The van der Waals surface area contributed by atoms with E-state index in [1.54, 1.807) is 6.07 Å². The summed E-state index contributed by atoms with van der Waals surface area (Å²) in [4.78, 5) is 14.7. The van der Waals surface area contributed by atoms with Gasteiger partial charge in [0.05, 0.1) is 5.69 Å². The molecule has 0 unspecified atom stereocenters. The lowest BCUT2D eigenvalue weighted by Crippen LogP contribution is -2.28. The van der Waals surface area contributed by atoms with E-state index in [-0.39, 0.29) is 5.91 Å². The molecule has 4 nitrogen and oxygen atoms in total. The van der Waals surface area contributed by atoms with Crippen LogP contribution in [-0.4, -0.2) is 37.0 Å². The van der Waals surface area contributed by atoms with Gasteiger partial charge >= 0.3 is 0 Å². The van der Waals surface area contributed by atoms with Crippen molar-refractivity contribution < 1.29 is 9.53 Å². The molecule has 0 aliphatic heterocycles. The Hall–Kier alpha value is -1.60. The Bertz CT molecular complexity index is 672. The molecule has 1 N–H and O–H groups in total. The molecule has 128 valence electrons. The van der Waals surface area contributed by atoms with E-state index in [0.717, 1.165) is 23.2 Å². The van der Waals surface area contributed by atoms with E-state index in [9.17, 15) is 4.79 Å². The van der Waals surface area contributed by atoms with Crippen LogP contribution in [0.15, 0.2) is 48.5 Å². The van der Waals surface area contributed by atoms with Gasteiger partial charge in [-0.2, -0.15) is 0 Å². The summed E-state index contributed by atoms with van der Waals surface area (Å²) >= 11 is 2.20. The number of nitrogens with one attached hydrogen (secondary N) is 1. The predicted molar refractivity (Wildman–Crippen MR) is 107 cm³/mol. The van der Waals surface area contributed by atoms with Gasteiger partial charge in [-0.1, -0.05) is 32.0 Å². The number of carbonyl (C=O) groups is 1. The van der Waals surface area contributed by atoms with Crippen molar-refractivity contribution in [1.82, 2.24) is 4.90 Å². The summed E-state index contributed by atoms with van der Waals surface area (Å²) in [6.45, 7) is 7.75. The summed E-state index contributed by atoms with van der Waals surface area (Å²) in [7, 11) is 0. The van der Waals surface area contributed by atoms with Gasteiger partial charge < -0.3 is 15.0 Å². The number of hydrogen-bond donors (Lipinski definition) is 1. The highest BCUT2D eigenvalue weighted by atomic mass is 127. The number of hydrogen-bond acceptors (Lipinski definition) is 3. The van der Waals surface area contributed by atoms with Crippen LogP contribution in [0.1, 0.15) is 24.2 Å². The Kier molecular flexibility index (Phi) is 7.52. The minimum absolute atomic E-state index is 0.131. The fraction of sp³-hybridized carbons (Fsp3) is 0.316. The average Bonchev–Trinajstić information content (AvgIpc) is 2.60. The highest BCUT2D eigenvalue weighted by Crippen LogP contribution is 2.24. The average molecular weight is 438 g/mol. The van der Waals surface area contributed by atoms with Crippen LogP contribution in [0.25, 0.3) is 0 Å². The Labute approximate surface area is 157 Å². The number of ether oxygens (including phenoxy) is 1. The Morgan fingerprint density at radius 3 is 2.58 bits per heavy atom. The van der Waals surface area contributed by atoms with E-state index in [4.69, 9.17) is 4.74 Å². The third-order valence-corrected chi connectivity index (χ3v) is 4.45. The van der Waals surface area contributed by atoms with E-state index >= 15 is 0 Å². The molecule has 0 spiro atoms. The second-order valence-corrected chi connectivity index (χ2v) is 6.58. The van der Waals surface area contributed by atoms with Crippen molar-refractivity contribution in [2.75, 3.05) is 31.6 Å². The summed E-state index contributed by atoms with van der Waals surface area (Å²) in [5, 5.41) is 2.94. The van der Waals surface area contributed by atoms with E-state index in [1.165, 1.54) is 0 Å². The minimum Gasteiger partial charge on any atom is -0.490 e. The van der Waals surface area contributed by atoms with Crippen molar-refractivity contribution >= 4 is 34.2 Å². The van der Waals surface area contributed by atoms with Crippen LogP contribution in [0.5, 0.6) is 5.75 Å². The molecule has 0 heterocycles. The largest absolute Gasteiger partial charge is 0.490 e. The van der Waals surface area contributed by atoms with E-state index in [0.29, 0.717) is 23.6 Å². The first-order valence-corrected chi connectivity index (χ1v) is 9.23. The zero-order chi connectivity index (χ0) is 17.4. The molecule has 2 aromatic rings. The molecule has 0 fully saturated rings. The third kappa shape index (κ3) is 5.49. The monoisotopic (exact) mass is 438 g/mol. The molecule has 0 radical (unpaired) electrons. The number of para-hydroxylation sites is 2. The SMILES string of the molecule is CCN(CC)CCOc1ccccc1NC(=O)c1cccc(I)c1. The van der Waals surface area contributed by atoms with Gasteiger partial charge in [-0.15, -0.1) is 0 Å². The standard InChI is InChI=1S/C19H23IN2O2/c1-3-22(4-2)12-13-24-18-11-6-5-10-17(18)21-19(23)15-8-7-9-16(20)14-15/h5-11,14H,3-4,12-13H2,1-2H3,(H,21,23). The van der Waals surface area contributed by atoms with Crippen LogP contribution in [0, 0.1) is 3.57 Å². The predicted octanol–water partition coefficient (Wildman–Crippen LogP) is 4.26. The topological polar surface area (TPSA) is 41.6 Å². The van der Waals surface area contributed by atoms with Gasteiger partial charge in [-0.25, -0.2) is 0 Å². The van der Waals surface area contributed by atoms with Crippen LogP contribution in [-0.2, 0) is 0 Å². The van der Waals surface area contributed by atoms with Crippen LogP contribution in [0.3, 0.4) is 0 Å². The normalized spacial score (nSPS) is 10.7. The molecule has 0 atom stereocenters. The molecule has 0 bridgehead atoms. The molecule has 0 aromatic heterocycles. The summed E-state index contributed by atoms with van der Waals surface area (Å²) in [6.07, 6.45) is 0. The van der Waals surface area contributed by atoms with Gasteiger partial charge in [0.15, 0.2) is 0 Å². The quantitative estimate of drug-likeness (QED) is 0.627. The second-order valence-electron chi connectivity index (χ2n) is 5.34. The lowest BCUT2D eigenvalue weighted by Gasteiger charge is -2.19. The van der Waals surface area contributed by atoms with Crippen LogP contribution < -0.4 is 10.1 Å². The summed E-state index contributed by atoms with van der Waals surface area (Å²) in [6, 6.07) is 15.0. The lowest BCUT2D eigenvalue weighted by molar-refractivity contribution is 0.102. The highest BCUT2D eigenvalue weighted by molar-refractivity contribution is 14.1. The van der Waals surface area contributed by atoms with Crippen LogP contribution in [0.4, 0.5) is 5.69 Å². The van der Waals surface area contributed by atoms with Crippen molar-refractivity contribution in [2.45, 2.75) is 13.8 Å². The summed E-state index contributed by atoms with van der Waals surface area (Å²) in [5.41, 5.74) is 1.33. The molecular weight excluding hydrogens is 415 g/mol. The smallest absolute Gasteiger partial charge is 0.255 e. The molecule has 24 heavy (non-hydrogen) atoms. The first-order chi connectivity index (χ1) is 11.6. The van der Waals surface area contributed by atoms with Gasteiger partial charge in [-0.05, 0) is 66.0 Å². The number of nitrogens with zero attached hydrogens (tertiary/aromatic N) is 1. The van der Waals surface area contributed by atoms with Crippen LogP contribution in [0.2, 0.25) is 0 Å². The summed E-state index contributed by atoms with van der Waals surface area (Å²) in [5.74, 6) is 0.567. The molecule has 2 aromatic carbocycles. The molecule has 5 heteroatoms. The highest BCUT2D eigenvalue weighted by Gasteiger charge is 2.10. The van der Waals surface area contributed by atoms with Crippen molar-refractivity contribution in [3.8, 4) is 5.75 Å². The number of benzene rings is 2. The molecule has 1 amide bonds. The van der Waals surface area contributed by atoms with E-state index in [2.05, 4.69) is 46.7 Å². The maximum absolute atomic E-state index is 12.4. The molecular formula is C19H23IN2O2. The van der Waals surface area contributed by atoms with Crippen molar-refractivity contribution in [3.63, 3.8) is 0 Å². The number of amides is 1. The zero-order valence-corrected chi connectivity index (χ0v) is 16.2. The minimum atomic E-state index is -0.131. The van der Waals surface area contributed by atoms with Crippen LogP contribution >= 0.6 is 22.6 Å². The molecule has 0 saturated carbocycles. The van der Waals surface area contributed by atoms with Gasteiger partial charge in [-0.3, -0.25) is 4.79 Å². The number of rotatable bonds is 8. The maximum atomic E-state index is 12.4. The second kappa shape index (κ2) is 9.64. The van der Waals surface area contributed by atoms with Gasteiger partial charge in [0, 0.05) is 15.7 Å². The Balaban J connectivity index is 2.02.